The van der Waals surface area contributed by atoms with Gasteiger partial charge in [0.1, 0.15) is 58.4 Å². The van der Waals surface area contributed by atoms with E-state index in [-0.39, 0.29) is 80.1 Å². The van der Waals surface area contributed by atoms with Crippen LogP contribution < -0.4 is 28.7 Å². The molecular weight excluding hydrogens is 1010 g/mol. The van der Waals surface area contributed by atoms with E-state index in [4.69, 9.17) is 50.2 Å². The molecule has 5 aliphatic rings. The molecule has 0 aliphatic carbocycles. The van der Waals surface area contributed by atoms with Gasteiger partial charge < -0.3 is 33.5 Å². The number of hydrogen-bond acceptors (Lipinski definition) is 12. The van der Waals surface area contributed by atoms with Crippen LogP contribution in [0.4, 0.5) is 29.5 Å². The molecule has 0 radical (unpaired) electrons. The van der Waals surface area contributed by atoms with Crippen molar-refractivity contribution in [2.24, 2.45) is 0 Å². The fraction of sp³-hybridized carbons (Fsp3) is 0.480. The van der Waals surface area contributed by atoms with Gasteiger partial charge in [0.15, 0.2) is 11.6 Å². The summed E-state index contributed by atoms with van der Waals surface area (Å²) in [6.07, 6.45) is 1.41. The number of carbonyl (C=O) groups is 1. The quantitative estimate of drug-likeness (QED) is 0.0927. The SMILES string of the molecule is COc1ccc(CN(Cc2ccc(OC)cc2)c2cc(-c3nc4c5c(nc(OC[C@@]67CCCN6C[C@H](F)C7)nc5c3F)N3C[C@H]5CC[C@@H]([C@H]3[C@H](C)O4)N5C(=O)OC(C)(C)C)c(I)c(Cl)c2F)cc1. The molecule has 3 aromatic carbocycles. The van der Waals surface area contributed by atoms with Gasteiger partial charge in [-0.1, -0.05) is 35.9 Å². The molecule has 5 aliphatic heterocycles. The van der Waals surface area contributed by atoms with Gasteiger partial charge in [-0.05, 0) is 124 Å². The lowest BCUT2D eigenvalue weighted by Gasteiger charge is -2.48. The molecule has 4 saturated heterocycles. The molecule has 0 spiro atoms. The van der Waals surface area contributed by atoms with Gasteiger partial charge in [0, 0.05) is 41.7 Å². The number of anilines is 2. The third-order valence-electron chi connectivity index (χ3n) is 14.1. The molecule has 5 aromatic rings. The number of carbonyl (C=O) groups excluding carboxylic acids is 1. The Hall–Kier alpha value is -5.01. The van der Waals surface area contributed by atoms with Gasteiger partial charge in [-0.2, -0.15) is 9.97 Å². The third kappa shape index (κ3) is 8.47. The van der Waals surface area contributed by atoms with Gasteiger partial charge in [0.05, 0.1) is 48.6 Å². The summed E-state index contributed by atoms with van der Waals surface area (Å²) in [7, 11) is 3.18. The Morgan fingerprint density at radius 1 is 0.971 bits per heavy atom. The number of halogens is 5. The van der Waals surface area contributed by atoms with Crippen LogP contribution in [-0.4, -0.2) is 113 Å². The number of nitrogens with zero attached hydrogens (tertiary/aromatic N) is 7. The van der Waals surface area contributed by atoms with E-state index in [0.717, 1.165) is 36.9 Å². The fourth-order valence-corrected chi connectivity index (χ4v) is 11.9. The monoisotopic (exact) mass is 1070 g/mol. The van der Waals surface area contributed by atoms with Crippen LogP contribution >= 0.6 is 34.2 Å². The molecule has 68 heavy (non-hydrogen) atoms. The maximum absolute atomic E-state index is 18.0. The number of pyridine rings is 1. The molecule has 18 heteroatoms. The Bertz CT molecular complexity index is 2700. The Morgan fingerprint density at radius 2 is 1.65 bits per heavy atom. The van der Waals surface area contributed by atoms with Crippen LogP contribution in [0.2, 0.25) is 5.02 Å². The Morgan fingerprint density at radius 3 is 2.29 bits per heavy atom. The van der Waals surface area contributed by atoms with E-state index in [1.165, 1.54) is 0 Å². The third-order valence-corrected chi connectivity index (χ3v) is 15.9. The second kappa shape index (κ2) is 18.1. The molecule has 4 fully saturated rings. The maximum Gasteiger partial charge on any atom is 0.410 e. The highest BCUT2D eigenvalue weighted by molar-refractivity contribution is 14.1. The minimum atomic E-state index is -0.982. The molecule has 1 amide bonds. The van der Waals surface area contributed by atoms with E-state index in [1.807, 2.05) is 109 Å². The number of aromatic nitrogens is 3. The summed E-state index contributed by atoms with van der Waals surface area (Å²) in [5.41, 5.74) is 0.541. The average molecular weight is 1070 g/mol. The van der Waals surface area contributed by atoms with Gasteiger partial charge in [-0.25, -0.2) is 22.9 Å². The molecule has 0 saturated carbocycles. The fourth-order valence-electron chi connectivity index (χ4n) is 11.0. The van der Waals surface area contributed by atoms with E-state index >= 15 is 8.78 Å². The first-order chi connectivity index (χ1) is 32.5. The van der Waals surface area contributed by atoms with Crippen LogP contribution in [0.15, 0.2) is 54.6 Å². The van der Waals surface area contributed by atoms with Gasteiger partial charge in [0.25, 0.3) is 0 Å². The van der Waals surface area contributed by atoms with Crippen molar-refractivity contribution in [3.05, 3.63) is 86.0 Å². The first-order valence-corrected chi connectivity index (χ1v) is 24.6. The van der Waals surface area contributed by atoms with Crippen LogP contribution in [0, 0.1) is 15.2 Å². The van der Waals surface area contributed by atoms with Crippen molar-refractivity contribution in [2.75, 3.05) is 50.3 Å². The number of rotatable bonds is 11. The van der Waals surface area contributed by atoms with Crippen LogP contribution in [-0.2, 0) is 17.8 Å². The lowest BCUT2D eigenvalue weighted by molar-refractivity contribution is 0.000932. The second-order valence-electron chi connectivity index (χ2n) is 19.6. The number of ether oxygens (including phenoxy) is 5. The molecule has 7 heterocycles. The standard InChI is InChI=1S/C50H54ClF3IN7O6/c1-27-44-35-17-12-31(62(35)48(63)68-49(2,3)4)25-61(44)45-37-43(57-47(58-45)66-26-50-18-7-19-60(50)24-30(52)21-50)40(54)42(56-46(37)67-27)34-20-36(39(53)38(51)41(34)55)59(22-28-8-13-32(64-5)14-9-28)23-29-10-15-33(65-6)16-11-29/h8-11,13-16,20,27,30-31,35,44H,7,12,17-19,21-26H2,1-6H3/t27-,30+,31+,35-,44+,50-/m0/s1. The number of alkyl halides is 1. The summed E-state index contributed by atoms with van der Waals surface area (Å²) in [5.74, 6) is 0.286. The molecule has 0 N–H and O–H groups in total. The first-order valence-electron chi connectivity index (χ1n) is 23.1. The summed E-state index contributed by atoms with van der Waals surface area (Å²) in [4.78, 5) is 36.5. The van der Waals surface area contributed by atoms with Gasteiger partial charge in [-0.15, -0.1) is 0 Å². The molecule has 13 nitrogen and oxygen atoms in total. The van der Waals surface area contributed by atoms with Crippen LogP contribution in [0.3, 0.4) is 0 Å². The molecule has 6 atom stereocenters. The summed E-state index contributed by atoms with van der Waals surface area (Å²) in [5, 5.41) is 0.0346. The first kappa shape index (κ1) is 46.7. The highest BCUT2D eigenvalue weighted by Gasteiger charge is 2.54. The molecule has 0 unspecified atom stereocenters. The molecule has 2 bridgehead atoms. The molecule has 10 rings (SSSR count). The predicted octanol–water partition coefficient (Wildman–Crippen LogP) is 10.1. The van der Waals surface area contributed by atoms with Crippen molar-refractivity contribution >= 4 is 62.7 Å². The van der Waals surface area contributed by atoms with Gasteiger partial charge in [0.2, 0.25) is 5.88 Å². The summed E-state index contributed by atoms with van der Waals surface area (Å²) >= 11 is 8.86. The number of fused-ring (bicyclic) bond motifs is 6. The van der Waals surface area contributed by atoms with E-state index in [1.54, 1.807) is 20.3 Å². The van der Waals surface area contributed by atoms with Crippen LogP contribution in [0.25, 0.3) is 22.2 Å². The van der Waals surface area contributed by atoms with Crippen LogP contribution in [0.5, 0.6) is 23.4 Å². The molecule has 360 valence electrons. The maximum atomic E-state index is 18.0. The van der Waals surface area contributed by atoms with Crippen molar-refractivity contribution in [3.8, 4) is 34.6 Å². The summed E-state index contributed by atoms with van der Waals surface area (Å²) in [6.45, 7) is 9.51. The van der Waals surface area contributed by atoms with E-state index in [0.29, 0.717) is 43.2 Å². The number of hydrogen-bond donors (Lipinski definition) is 0. The zero-order valence-electron chi connectivity index (χ0n) is 38.8. The smallest absolute Gasteiger partial charge is 0.410 e. The second-order valence-corrected chi connectivity index (χ2v) is 21.0. The number of methoxy groups -OCH3 is 2. The highest BCUT2D eigenvalue weighted by atomic mass is 127. The largest absolute Gasteiger partial charge is 0.497 e. The number of piperazine rings is 1. The minimum absolute atomic E-state index is 0.0716. The Kier molecular flexibility index (Phi) is 12.4. The van der Waals surface area contributed by atoms with Crippen LogP contribution in [0.1, 0.15) is 70.9 Å². The van der Waals surface area contributed by atoms with Gasteiger partial charge in [-0.3, -0.25) is 9.80 Å². The lowest BCUT2D eigenvalue weighted by Crippen LogP contribution is -2.65. The average Bonchev–Trinajstić information content (AvgIpc) is 3.93. The van der Waals surface area contributed by atoms with Crippen molar-refractivity contribution in [3.63, 3.8) is 0 Å². The zero-order valence-corrected chi connectivity index (χ0v) is 41.7. The van der Waals surface area contributed by atoms with Crippen molar-refractivity contribution in [1.82, 2.24) is 24.8 Å². The Balaban J connectivity index is 1.11. The van der Waals surface area contributed by atoms with Gasteiger partial charge >= 0.3 is 12.1 Å². The van der Waals surface area contributed by atoms with Crippen molar-refractivity contribution in [1.29, 1.82) is 0 Å². The molecule has 2 aromatic heterocycles. The normalized spacial score (nSPS) is 24.1. The predicted molar refractivity (Wildman–Crippen MR) is 261 cm³/mol. The van der Waals surface area contributed by atoms with E-state index in [2.05, 4.69) is 9.80 Å². The number of amides is 1. The minimum Gasteiger partial charge on any atom is -0.497 e. The molecular formula is C50H54ClF3IN7O6. The summed E-state index contributed by atoms with van der Waals surface area (Å²) < 4.78 is 80.0. The zero-order chi connectivity index (χ0) is 47.8. The van der Waals surface area contributed by atoms with Crippen molar-refractivity contribution in [2.45, 2.75) is 114 Å². The van der Waals surface area contributed by atoms with E-state index < -0.39 is 47.2 Å². The van der Waals surface area contributed by atoms with Crippen molar-refractivity contribution < 1.29 is 41.7 Å². The summed E-state index contributed by atoms with van der Waals surface area (Å²) in [6, 6.07) is 15.4. The topological polar surface area (TPSA) is 115 Å². The number of benzene rings is 3. The van der Waals surface area contributed by atoms with E-state index in [9.17, 15) is 9.18 Å². The highest BCUT2D eigenvalue weighted by Crippen LogP contribution is 2.49. The Labute approximate surface area is 412 Å². The lowest BCUT2D eigenvalue weighted by atomic mass is 9.95.